The van der Waals surface area contributed by atoms with Crippen molar-refractivity contribution in [2.24, 2.45) is 0 Å². The smallest absolute Gasteiger partial charge is 0.183 e. The van der Waals surface area contributed by atoms with E-state index in [1.165, 1.54) is 56.9 Å². The molecule has 2 nitrogen and oxygen atoms in total. The van der Waals surface area contributed by atoms with Crippen molar-refractivity contribution < 1.29 is 0 Å². The molecule has 2 heteroatoms. The summed E-state index contributed by atoms with van der Waals surface area (Å²) < 4.78 is 0. The van der Waals surface area contributed by atoms with E-state index in [0.717, 1.165) is 12.1 Å². The number of benzene rings is 1. The lowest BCUT2D eigenvalue weighted by Gasteiger charge is -2.09. The molecule has 0 aromatic heterocycles. The van der Waals surface area contributed by atoms with E-state index >= 15 is 0 Å². The van der Waals surface area contributed by atoms with Gasteiger partial charge in [-0.1, -0.05) is 64.0 Å². The molecular formula is C18H28N2. The monoisotopic (exact) mass is 272 g/mol. The standard InChI is InChI=1S/C18H28N2/c1-3-4-5-6-7-8-9-10-11-17-12-14-18(15-13-17)20(2)16-19/h12-15H,3-11H2,1-2H3. The highest BCUT2D eigenvalue weighted by Crippen LogP contribution is 2.15. The molecule has 0 radical (unpaired) electrons. The molecule has 0 saturated carbocycles. The quantitative estimate of drug-likeness (QED) is 0.329. The molecule has 20 heavy (non-hydrogen) atoms. The third kappa shape index (κ3) is 6.61. The van der Waals surface area contributed by atoms with Gasteiger partial charge in [0.05, 0.1) is 5.69 Å². The molecule has 1 aromatic rings. The lowest BCUT2D eigenvalue weighted by atomic mass is 10.0. The van der Waals surface area contributed by atoms with Crippen molar-refractivity contribution in [3.8, 4) is 6.19 Å². The van der Waals surface area contributed by atoms with Crippen molar-refractivity contribution in [3.63, 3.8) is 0 Å². The van der Waals surface area contributed by atoms with Gasteiger partial charge in [0.1, 0.15) is 0 Å². The number of nitrogens with zero attached hydrogens (tertiary/aromatic N) is 2. The van der Waals surface area contributed by atoms with E-state index in [2.05, 4.69) is 25.2 Å². The number of aryl methyl sites for hydroxylation is 1. The second-order valence-electron chi connectivity index (χ2n) is 5.55. The summed E-state index contributed by atoms with van der Waals surface area (Å²) in [5.41, 5.74) is 2.35. The van der Waals surface area contributed by atoms with Crippen LogP contribution < -0.4 is 4.90 Å². The minimum Gasteiger partial charge on any atom is -0.283 e. The molecular weight excluding hydrogens is 244 g/mol. The van der Waals surface area contributed by atoms with Crippen molar-refractivity contribution in [1.82, 2.24) is 0 Å². The van der Waals surface area contributed by atoms with Crippen LogP contribution in [-0.4, -0.2) is 7.05 Å². The van der Waals surface area contributed by atoms with Gasteiger partial charge >= 0.3 is 0 Å². The Bertz CT molecular complexity index is 389. The van der Waals surface area contributed by atoms with Crippen LogP contribution in [0.2, 0.25) is 0 Å². The van der Waals surface area contributed by atoms with Crippen molar-refractivity contribution in [2.45, 2.75) is 64.7 Å². The molecule has 0 unspecified atom stereocenters. The van der Waals surface area contributed by atoms with Gasteiger partial charge < -0.3 is 0 Å². The molecule has 0 N–H and O–H groups in total. The van der Waals surface area contributed by atoms with Gasteiger partial charge in [-0.2, -0.15) is 5.26 Å². The van der Waals surface area contributed by atoms with Gasteiger partial charge in [0, 0.05) is 7.05 Å². The number of anilines is 1. The first-order valence-electron chi connectivity index (χ1n) is 8.00. The number of nitriles is 1. The molecule has 0 spiro atoms. The molecule has 0 bridgehead atoms. The highest BCUT2D eigenvalue weighted by atomic mass is 15.1. The van der Waals surface area contributed by atoms with Crippen LogP contribution in [0.3, 0.4) is 0 Å². The van der Waals surface area contributed by atoms with E-state index < -0.39 is 0 Å². The van der Waals surface area contributed by atoms with Gasteiger partial charge in [0.15, 0.2) is 6.19 Å². The summed E-state index contributed by atoms with van der Waals surface area (Å²) in [6.45, 7) is 2.26. The summed E-state index contributed by atoms with van der Waals surface area (Å²) in [5, 5.41) is 8.81. The van der Waals surface area contributed by atoms with Crippen LogP contribution in [0, 0.1) is 11.5 Å². The van der Waals surface area contributed by atoms with Gasteiger partial charge in [0.2, 0.25) is 0 Å². The predicted molar refractivity (Wildman–Crippen MR) is 86.8 cm³/mol. The molecule has 0 saturated heterocycles. The Hall–Kier alpha value is -1.49. The molecule has 0 aliphatic rings. The maximum absolute atomic E-state index is 8.81. The van der Waals surface area contributed by atoms with Crippen LogP contribution in [-0.2, 0) is 6.42 Å². The molecule has 110 valence electrons. The van der Waals surface area contributed by atoms with Gasteiger partial charge in [-0.3, -0.25) is 4.90 Å². The first kappa shape index (κ1) is 16.6. The predicted octanol–water partition coefficient (Wildman–Crippen LogP) is 5.29. The molecule has 1 aromatic carbocycles. The number of rotatable bonds is 10. The molecule has 0 amide bonds. The van der Waals surface area contributed by atoms with Crippen LogP contribution >= 0.6 is 0 Å². The van der Waals surface area contributed by atoms with Gasteiger partial charge in [0.25, 0.3) is 0 Å². The van der Waals surface area contributed by atoms with Crippen molar-refractivity contribution in [1.29, 1.82) is 5.26 Å². The fraction of sp³-hybridized carbons (Fsp3) is 0.611. The Balaban J connectivity index is 2.12. The SMILES string of the molecule is CCCCCCCCCCc1ccc(N(C)C#N)cc1. The fourth-order valence-electron chi connectivity index (χ4n) is 2.41. The summed E-state index contributed by atoms with van der Waals surface area (Å²) in [7, 11) is 1.79. The molecule has 0 aliphatic carbocycles. The Kier molecular flexibility index (Phi) is 8.54. The molecule has 1 rings (SSSR count). The van der Waals surface area contributed by atoms with Crippen LogP contribution in [0.15, 0.2) is 24.3 Å². The number of hydrogen-bond acceptors (Lipinski definition) is 2. The number of hydrogen-bond donors (Lipinski definition) is 0. The summed E-state index contributed by atoms with van der Waals surface area (Å²) >= 11 is 0. The van der Waals surface area contributed by atoms with E-state index in [4.69, 9.17) is 5.26 Å². The van der Waals surface area contributed by atoms with Gasteiger partial charge in [-0.25, -0.2) is 0 Å². The molecule has 0 atom stereocenters. The highest BCUT2D eigenvalue weighted by molar-refractivity contribution is 5.50. The lowest BCUT2D eigenvalue weighted by molar-refractivity contribution is 0.575. The van der Waals surface area contributed by atoms with Crippen LogP contribution in [0.1, 0.15) is 63.9 Å². The van der Waals surface area contributed by atoms with E-state index in [1.807, 2.05) is 12.1 Å². The zero-order chi connectivity index (χ0) is 14.6. The van der Waals surface area contributed by atoms with E-state index in [9.17, 15) is 0 Å². The Morgan fingerprint density at radius 3 is 2.00 bits per heavy atom. The average molecular weight is 272 g/mol. The second-order valence-corrected chi connectivity index (χ2v) is 5.55. The van der Waals surface area contributed by atoms with Crippen LogP contribution in [0.25, 0.3) is 0 Å². The third-order valence-electron chi connectivity index (χ3n) is 3.79. The van der Waals surface area contributed by atoms with E-state index in [0.29, 0.717) is 0 Å². The van der Waals surface area contributed by atoms with Gasteiger partial charge in [-0.05, 0) is 30.5 Å². The summed E-state index contributed by atoms with van der Waals surface area (Å²) in [6, 6.07) is 8.35. The van der Waals surface area contributed by atoms with Crippen LogP contribution in [0.5, 0.6) is 0 Å². The maximum Gasteiger partial charge on any atom is 0.183 e. The Morgan fingerprint density at radius 2 is 1.45 bits per heavy atom. The van der Waals surface area contributed by atoms with Crippen molar-refractivity contribution in [3.05, 3.63) is 29.8 Å². The summed E-state index contributed by atoms with van der Waals surface area (Å²) in [6.07, 6.45) is 14.2. The zero-order valence-corrected chi connectivity index (χ0v) is 13.1. The number of unbranched alkanes of at least 4 members (excludes halogenated alkanes) is 7. The maximum atomic E-state index is 8.81. The Morgan fingerprint density at radius 1 is 0.900 bits per heavy atom. The minimum absolute atomic E-state index is 0.965. The summed E-state index contributed by atoms with van der Waals surface area (Å²) in [5.74, 6) is 0. The summed E-state index contributed by atoms with van der Waals surface area (Å²) in [4.78, 5) is 1.58. The van der Waals surface area contributed by atoms with E-state index in [1.54, 1.807) is 11.9 Å². The van der Waals surface area contributed by atoms with E-state index in [-0.39, 0.29) is 0 Å². The van der Waals surface area contributed by atoms with Crippen molar-refractivity contribution in [2.75, 3.05) is 11.9 Å². The average Bonchev–Trinajstić information content (AvgIpc) is 2.50. The first-order valence-corrected chi connectivity index (χ1v) is 8.00. The first-order chi connectivity index (χ1) is 9.77. The lowest BCUT2D eigenvalue weighted by Crippen LogP contribution is -2.07. The largest absolute Gasteiger partial charge is 0.283 e. The topological polar surface area (TPSA) is 27.0 Å². The molecule has 0 heterocycles. The zero-order valence-electron chi connectivity index (χ0n) is 13.1. The Labute approximate surface area is 124 Å². The highest BCUT2D eigenvalue weighted by Gasteiger charge is 1.99. The molecule has 0 aliphatic heterocycles. The van der Waals surface area contributed by atoms with Crippen molar-refractivity contribution >= 4 is 5.69 Å². The second kappa shape index (κ2) is 10.3. The van der Waals surface area contributed by atoms with Gasteiger partial charge in [-0.15, -0.1) is 0 Å². The minimum atomic E-state index is 0.965. The molecule has 0 fully saturated rings. The third-order valence-corrected chi connectivity index (χ3v) is 3.79. The van der Waals surface area contributed by atoms with Crippen LogP contribution in [0.4, 0.5) is 5.69 Å². The fourth-order valence-corrected chi connectivity index (χ4v) is 2.41. The normalized spacial score (nSPS) is 10.2.